The molecule has 7 heteroatoms. The molecule has 1 unspecified atom stereocenters. The van der Waals surface area contributed by atoms with Crippen LogP contribution < -0.4 is 10.5 Å². The Balaban J connectivity index is 1.86. The number of carbonyl (C=O) groups excluding carboxylic acids is 1. The molecule has 1 aromatic heterocycles. The van der Waals surface area contributed by atoms with Crippen LogP contribution in [0.2, 0.25) is 0 Å². The zero-order chi connectivity index (χ0) is 18.6. The smallest absolute Gasteiger partial charge is 0.278 e. The summed E-state index contributed by atoms with van der Waals surface area (Å²) in [6, 6.07) is 9.66. The number of ether oxygens (including phenoxy) is 2. The van der Waals surface area contributed by atoms with Crippen molar-refractivity contribution in [3.63, 3.8) is 0 Å². The van der Waals surface area contributed by atoms with E-state index >= 15 is 0 Å². The molecular weight excluding hydrogens is 332 g/mol. The molecule has 1 aromatic carbocycles. The van der Waals surface area contributed by atoms with Crippen LogP contribution in [-0.2, 0) is 4.74 Å². The van der Waals surface area contributed by atoms with Gasteiger partial charge in [0, 0.05) is 20.2 Å². The van der Waals surface area contributed by atoms with Crippen LogP contribution >= 0.6 is 0 Å². The molecule has 2 aromatic rings. The van der Waals surface area contributed by atoms with E-state index in [0.717, 1.165) is 12.1 Å². The van der Waals surface area contributed by atoms with E-state index in [2.05, 4.69) is 12.0 Å². The van der Waals surface area contributed by atoms with Gasteiger partial charge in [-0.3, -0.25) is 4.79 Å². The Labute approximate surface area is 153 Å². The van der Waals surface area contributed by atoms with Gasteiger partial charge in [-0.2, -0.15) is 5.10 Å². The Kier molecular flexibility index (Phi) is 5.58. The summed E-state index contributed by atoms with van der Waals surface area (Å²) in [5.41, 5.74) is 7.03. The molecule has 1 aliphatic heterocycles. The Hall–Kier alpha value is -2.38. The van der Waals surface area contributed by atoms with Gasteiger partial charge in [0.15, 0.2) is 11.4 Å². The lowest BCUT2D eigenvalue weighted by atomic mass is 9.90. The van der Waals surface area contributed by atoms with Crippen LogP contribution in [0.15, 0.2) is 36.5 Å². The fourth-order valence-electron chi connectivity index (χ4n) is 3.07. The van der Waals surface area contributed by atoms with Crippen LogP contribution in [0.3, 0.4) is 0 Å². The third-order valence-electron chi connectivity index (χ3n) is 4.79. The highest BCUT2D eigenvalue weighted by Gasteiger charge is 2.37. The van der Waals surface area contributed by atoms with E-state index in [-0.39, 0.29) is 11.3 Å². The Bertz CT molecular complexity index is 746. The lowest BCUT2D eigenvalue weighted by Gasteiger charge is -2.22. The maximum atomic E-state index is 13.0. The fourth-order valence-corrected chi connectivity index (χ4v) is 3.07. The van der Waals surface area contributed by atoms with Gasteiger partial charge >= 0.3 is 0 Å². The number of likely N-dealkylation sites (tertiary alicyclic amines) is 1. The van der Waals surface area contributed by atoms with Gasteiger partial charge in [0.25, 0.3) is 5.91 Å². The first-order valence-electron chi connectivity index (χ1n) is 8.82. The quantitative estimate of drug-likeness (QED) is 0.762. The zero-order valence-electron chi connectivity index (χ0n) is 15.4. The molecule has 1 atom stereocenters. The third-order valence-corrected chi connectivity index (χ3v) is 4.79. The number of amides is 1. The molecule has 1 amide bonds. The van der Waals surface area contributed by atoms with Gasteiger partial charge in [-0.15, -0.1) is 0 Å². The van der Waals surface area contributed by atoms with Crippen molar-refractivity contribution in [2.75, 3.05) is 40.0 Å². The zero-order valence-corrected chi connectivity index (χ0v) is 15.4. The van der Waals surface area contributed by atoms with Gasteiger partial charge in [0.2, 0.25) is 0 Å². The molecule has 2 heterocycles. The van der Waals surface area contributed by atoms with Crippen molar-refractivity contribution in [1.82, 2.24) is 14.7 Å². The molecule has 1 saturated heterocycles. The number of aromatic nitrogens is 2. The molecule has 0 spiro atoms. The van der Waals surface area contributed by atoms with E-state index in [4.69, 9.17) is 15.2 Å². The number of carbonyl (C=O) groups is 1. The number of nitrogens with two attached hydrogens (primary N) is 1. The summed E-state index contributed by atoms with van der Waals surface area (Å²) in [7, 11) is 1.61. The second kappa shape index (κ2) is 7.88. The fraction of sp³-hybridized carbons (Fsp3) is 0.474. The van der Waals surface area contributed by atoms with Crippen LogP contribution in [0.25, 0.3) is 5.69 Å². The predicted molar refractivity (Wildman–Crippen MR) is 98.6 cm³/mol. The highest BCUT2D eigenvalue weighted by Crippen LogP contribution is 2.31. The average Bonchev–Trinajstić information content (AvgIpc) is 3.27. The van der Waals surface area contributed by atoms with E-state index in [1.54, 1.807) is 18.0 Å². The molecule has 1 aliphatic rings. The molecule has 2 N–H and O–H groups in total. The summed E-state index contributed by atoms with van der Waals surface area (Å²) in [6.45, 7) is 4.79. The van der Waals surface area contributed by atoms with Gasteiger partial charge in [-0.25, -0.2) is 4.68 Å². The summed E-state index contributed by atoms with van der Waals surface area (Å²) in [4.78, 5) is 14.9. The van der Waals surface area contributed by atoms with Crippen LogP contribution in [0, 0.1) is 5.41 Å². The molecule has 7 nitrogen and oxygen atoms in total. The van der Waals surface area contributed by atoms with Crippen molar-refractivity contribution in [3.05, 3.63) is 42.2 Å². The first-order chi connectivity index (χ1) is 12.6. The molecule has 26 heavy (non-hydrogen) atoms. The van der Waals surface area contributed by atoms with Gasteiger partial charge in [-0.05, 0) is 30.5 Å². The molecule has 0 radical (unpaired) electrons. The first kappa shape index (κ1) is 18.4. The maximum Gasteiger partial charge on any atom is 0.278 e. The minimum Gasteiger partial charge on any atom is -0.487 e. The van der Waals surface area contributed by atoms with E-state index in [1.165, 1.54) is 0 Å². The van der Waals surface area contributed by atoms with Crippen molar-refractivity contribution in [2.45, 2.75) is 13.3 Å². The SMILES string of the molecule is COCCOc1cn(-c2ccccc2)nc1C(=O)N1CCC(C)(CN)C1. The average molecular weight is 358 g/mol. The normalized spacial score (nSPS) is 19.7. The maximum absolute atomic E-state index is 13.0. The van der Waals surface area contributed by atoms with Gasteiger partial charge in [0.1, 0.15) is 6.61 Å². The Morgan fingerprint density at radius 3 is 2.73 bits per heavy atom. The van der Waals surface area contributed by atoms with E-state index in [0.29, 0.717) is 44.3 Å². The number of nitrogens with zero attached hydrogens (tertiary/aromatic N) is 3. The van der Waals surface area contributed by atoms with Crippen LogP contribution in [0.4, 0.5) is 0 Å². The molecule has 0 aliphatic carbocycles. The second-order valence-corrected chi connectivity index (χ2v) is 6.95. The number of hydrogen-bond acceptors (Lipinski definition) is 5. The lowest BCUT2D eigenvalue weighted by molar-refractivity contribution is 0.0763. The largest absolute Gasteiger partial charge is 0.487 e. The number of rotatable bonds is 7. The standard InChI is InChI=1S/C19H26N4O3/c1-19(13-20)8-9-22(14-19)18(24)17-16(26-11-10-25-2)12-23(21-17)15-6-4-3-5-7-15/h3-7,12H,8-11,13-14,20H2,1-2H3. The van der Waals surface area contributed by atoms with Crippen molar-refractivity contribution in [3.8, 4) is 11.4 Å². The minimum absolute atomic E-state index is 0.0330. The molecule has 140 valence electrons. The number of benzene rings is 1. The van der Waals surface area contributed by atoms with Crippen LogP contribution in [-0.4, -0.2) is 60.5 Å². The lowest BCUT2D eigenvalue weighted by Crippen LogP contribution is -2.35. The number of hydrogen-bond donors (Lipinski definition) is 1. The third kappa shape index (κ3) is 3.89. The van der Waals surface area contributed by atoms with Crippen molar-refractivity contribution >= 4 is 5.91 Å². The summed E-state index contributed by atoms with van der Waals surface area (Å²) < 4.78 is 12.5. The summed E-state index contributed by atoms with van der Waals surface area (Å²) in [6.07, 6.45) is 2.64. The van der Waals surface area contributed by atoms with E-state index in [9.17, 15) is 4.79 Å². The molecule has 0 saturated carbocycles. The molecule has 0 bridgehead atoms. The summed E-state index contributed by atoms with van der Waals surface area (Å²) in [5, 5.41) is 4.51. The Morgan fingerprint density at radius 1 is 1.31 bits per heavy atom. The van der Waals surface area contributed by atoms with Gasteiger partial charge in [-0.1, -0.05) is 25.1 Å². The second-order valence-electron chi connectivity index (χ2n) is 6.95. The first-order valence-corrected chi connectivity index (χ1v) is 8.82. The van der Waals surface area contributed by atoms with Crippen LogP contribution in [0.1, 0.15) is 23.8 Å². The van der Waals surface area contributed by atoms with E-state index < -0.39 is 0 Å². The monoisotopic (exact) mass is 358 g/mol. The highest BCUT2D eigenvalue weighted by molar-refractivity contribution is 5.95. The highest BCUT2D eigenvalue weighted by atomic mass is 16.5. The molecule has 1 fully saturated rings. The minimum atomic E-state index is -0.121. The topological polar surface area (TPSA) is 82.6 Å². The molecular formula is C19H26N4O3. The number of methoxy groups -OCH3 is 1. The summed E-state index contributed by atoms with van der Waals surface area (Å²) in [5.74, 6) is 0.349. The van der Waals surface area contributed by atoms with Gasteiger partial charge < -0.3 is 20.1 Å². The van der Waals surface area contributed by atoms with Gasteiger partial charge in [0.05, 0.1) is 18.5 Å². The van der Waals surface area contributed by atoms with Crippen molar-refractivity contribution in [1.29, 1.82) is 0 Å². The number of para-hydroxylation sites is 1. The summed E-state index contributed by atoms with van der Waals surface area (Å²) >= 11 is 0. The predicted octanol–water partition coefficient (Wildman–Crippen LogP) is 1.71. The Morgan fingerprint density at radius 2 is 2.08 bits per heavy atom. The van der Waals surface area contributed by atoms with Crippen LogP contribution in [0.5, 0.6) is 5.75 Å². The van der Waals surface area contributed by atoms with E-state index in [1.807, 2.05) is 35.2 Å². The molecule has 3 rings (SSSR count). The van der Waals surface area contributed by atoms with Crippen molar-refractivity contribution in [2.24, 2.45) is 11.1 Å². The van der Waals surface area contributed by atoms with Crippen molar-refractivity contribution < 1.29 is 14.3 Å².